The van der Waals surface area contributed by atoms with Crippen molar-refractivity contribution < 1.29 is 9.59 Å². The number of likely N-dealkylation sites (tertiary alicyclic amines) is 1. The van der Waals surface area contributed by atoms with E-state index >= 15 is 0 Å². The Hall–Kier alpha value is -2.63. The molecule has 2 amide bonds. The standard InChI is InChI=1S/C21H26N4O2/c26-20(19-8-4-5-13-24(19)21(27)17-9-10-17)22-12-11-16-14-23-25(15-16)18-6-2-1-3-7-18/h1-3,6-7,14-15,17,19H,4-5,8-13H2,(H,22,26). The van der Waals surface area contributed by atoms with E-state index in [1.807, 2.05) is 52.3 Å². The first-order valence-corrected chi connectivity index (χ1v) is 9.89. The van der Waals surface area contributed by atoms with Crippen molar-refractivity contribution in [3.8, 4) is 5.69 Å². The van der Waals surface area contributed by atoms with E-state index in [4.69, 9.17) is 0 Å². The summed E-state index contributed by atoms with van der Waals surface area (Å²) in [5.41, 5.74) is 2.10. The van der Waals surface area contributed by atoms with Crippen molar-refractivity contribution >= 4 is 11.8 Å². The summed E-state index contributed by atoms with van der Waals surface area (Å²) in [6.45, 7) is 1.28. The van der Waals surface area contributed by atoms with Crippen LogP contribution in [-0.2, 0) is 16.0 Å². The first-order valence-electron chi connectivity index (χ1n) is 9.89. The summed E-state index contributed by atoms with van der Waals surface area (Å²) in [5, 5.41) is 7.41. The van der Waals surface area contributed by atoms with Crippen molar-refractivity contribution in [2.24, 2.45) is 5.92 Å². The van der Waals surface area contributed by atoms with Crippen LogP contribution < -0.4 is 5.32 Å². The smallest absolute Gasteiger partial charge is 0.242 e. The number of aromatic nitrogens is 2. The number of carbonyl (C=O) groups excluding carboxylic acids is 2. The molecule has 1 saturated heterocycles. The fourth-order valence-electron chi connectivity index (χ4n) is 3.69. The van der Waals surface area contributed by atoms with E-state index in [0.29, 0.717) is 6.54 Å². The zero-order chi connectivity index (χ0) is 18.6. The molecule has 1 saturated carbocycles. The summed E-state index contributed by atoms with van der Waals surface area (Å²) >= 11 is 0. The second-order valence-corrected chi connectivity index (χ2v) is 7.49. The lowest BCUT2D eigenvalue weighted by molar-refractivity contribution is -0.143. The number of carbonyl (C=O) groups is 2. The normalized spacial score (nSPS) is 19.7. The Morgan fingerprint density at radius 2 is 1.93 bits per heavy atom. The second-order valence-electron chi connectivity index (χ2n) is 7.49. The lowest BCUT2D eigenvalue weighted by atomic mass is 10.0. The molecule has 142 valence electrons. The Kier molecular flexibility index (Phi) is 5.23. The van der Waals surface area contributed by atoms with Crippen molar-refractivity contribution in [1.82, 2.24) is 20.0 Å². The van der Waals surface area contributed by atoms with Crippen LogP contribution in [-0.4, -0.2) is 45.6 Å². The molecule has 1 atom stereocenters. The molecule has 1 aliphatic carbocycles. The van der Waals surface area contributed by atoms with E-state index in [1.54, 1.807) is 0 Å². The van der Waals surface area contributed by atoms with Gasteiger partial charge in [0, 0.05) is 25.2 Å². The highest BCUT2D eigenvalue weighted by Crippen LogP contribution is 2.33. The fourth-order valence-corrected chi connectivity index (χ4v) is 3.69. The van der Waals surface area contributed by atoms with Gasteiger partial charge in [-0.2, -0.15) is 5.10 Å². The van der Waals surface area contributed by atoms with Crippen LogP contribution >= 0.6 is 0 Å². The van der Waals surface area contributed by atoms with E-state index in [9.17, 15) is 9.59 Å². The van der Waals surface area contributed by atoms with Crippen LogP contribution in [0.1, 0.15) is 37.7 Å². The van der Waals surface area contributed by atoms with Crippen molar-refractivity contribution in [3.63, 3.8) is 0 Å². The Morgan fingerprint density at radius 1 is 1.11 bits per heavy atom. The first kappa shape index (κ1) is 17.8. The van der Waals surface area contributed by atoms with E-state index in [2.05, 4.69) is 10.4 Å². The van der Waals surface area contributed by atoms with Crippen molar-refractivity contribution in [3.05, 3.63) is 48.3 Å². The summed E-state index contributed by atoms with van der Waals surface area (Å²) in [6.07, 6.45) is 9.30. The minimum Gasteiger partial charge on any atom is -0.354 e. The maximum absolute atomic E-state index is 12.6. The Balaban J connectivity index is 1.30. The average Bonchev–Trinajstić information content (AvgIpc) is 3.46. The highest BCUT2D eigenvalue weighted by molar-refractivity contribution is 5.89. The maximum atomic E-state index is 12.6. The molecular weight excluding hydrogens is 340 g/mol. The molecule has 6 heteroatoms. The van der Waals surface area contributed by atoms with Crippen LogP contribution in [0, 0.1) is 5.92 Å². The predicted molar refractivity (Wildman–Crippen MR) is 102 cm³/mol. The number of hydrogen-bond acceptors (Lipinski definition) is 3. The van der Waals surface area contributed by atoms with E-state index in [1.165, 1.54) is 0 Å². The van der Waals surface area contributed by atoms with Crippen LogP contribution in [0.2, 0.25) is 0 Å². The van der Waals surface area contributed by atoms with Crippen LogP contribution in [0.15, 0.2) is 42.7 Å². The number of rotatable bonds is 6. The SMILES string of the molecule is O=C(NCCc1cnn(-c2ccccc2)c1)C1CCCCN1C(=O)C1CC1. The molecule has 2 aromatic rings. The van der Waals surface area contributed by atoms with Crippen LogP contribution in [0.3, 0.4) is 0 Å². The van der Waals surface area contributed by atoms with Gasteiger partial charge in [0.15, 0.2) is 0 Å². The number of nitrogens with one attached hydrogen (secondary N) is 1. The highest BCUT2D eigenvalue weighted by atomic mass is 16.2. The van der Waals surface area contributed by atoms with Crippen LogP contribution in [0.5, 0.6) is 0 Å². The van der Waals surface area contributed by atoms with Crippen molar-refractivity contribution in [1.29, 1.82) is 0 Å². The largest absolute Gasteiger partial charge is 0.354 e. The molecule has 1 aromatic heterocycles. The Bertz CT molecular complexity index is 798. The van der Waals surface area contributed by atoms with Gasteiger partial charge < -0.3 is 10.2 Å². The van der Waals surface area contributed by atoms with Crippen molar-refractivity contribution in [2.45, 2.75) is 44.6 Å². The lowest BCUT2D eigenvalue weighted by Crippen LogP contribution is -2.52. The third-order valence-corrected chi connectivity index (χ3v) is 5.38. The molecule has 4 rings (SSSR count). The Labute approximate surface area is 159 Å². The molecule has 27 heavy (non-hydrogen) atoms. The molecule has 0 radical (unpaired) electrons. The van der Waals surface area contributed by atoms with Crippen molar-refractivity contribution in [2.75, 3.05) is 13.1 Å². The van der Waals surface area contributed by atoms with Gasteiger partial charge in [-0.3, -0.25) is 9.59 Å². The third-order valence-electron chi connectivity index (χ3n) is 5.38. The minimum absolute atomic E-state index is 0.0147. The number of amides is 2. The van der Waals surface area contributed by atoms with E-state index < -0.39 is 0 Å². The van der Waals surface area contributed by atoms with Gasteiger partial charge in [-0.05, 0) is 56.2 Å². The lowest BCUT2D eigenvalue weighted by Gasteiger charge is -2.34. The van der Waals surface area contributed by atoms with E-state index in [0.717, 1.165) is 56.3 Å². The zero-order valence-corrected chi connectivity index (χ0v) is 15.5. The van der Waals surface area contributed by atoms with Gasteiger partial charge in [-0.25, -0.2) is 4.68 Å². The van der Waals surface area contributed by atoms with Gasteiger partial charge in [-0.1, -0.05) is 18.2 Å². The molecule has 1 aromatic carbocycles. The summed E-state index contributed by atoms with van der Waals surface area (Å²) in [6, 6.07) is 9.66. The predicted octanol–water partition coefficient (Wildman–Crippen LogP) is 2.32. The summed E-state index contributed by atoms with van der Waals surface area (Å²) in [4.78, 5) is 26.9. The molecule has 2 aliphatic rings. The number of benzene rings is 1. The average molecular weight is 366 g/mol. The Morgan fingerprint density at radius 3 is 2.70 bits per heavy atom. The molecule has 0 bridgehead atoms. The summed E-state index contributed by atoms with van der Waals surface area (Å²) in [5.74, 6) is 0.334. The van der Waals surface area contributed by atoms with Gasteiger partial charge >= 0.3 is 0 Å². The summed E-state index contributed by atoms with van der Waals surface area (Å²) in [7, 11) is 0. The molecule has 2 heterocycles. The number of hydrogen-bond donors (Lipinski definition) is 1. The van der Waals surface area contributed by atoms with Gasteiger partial charge in [0.25, 0.3) is 0 Å². The molecular formula is C21H26N4O2. The number of nitrogens with zero attached hydrogens (tertiary/aromatic N) is 3. The zero-order valence-electron chi connectivity index (χ0n) is 15.5. The molecule has 2 fully saturated rings. The third kappa shape index (κ3) is 4.21. The maximum Gasteiger partial charge on any atom is 0.242 e. The molecule has 0 spiro atoms. The quantitative estimate of drug-likeness (QED) is 0.853. The topological polar surface area (TPSA) is 67.2 Å². The van der Waals surface area contributed by atoms with Gasteiger partial charge in [-0.15, -0.1) is 0 Å². The van der Waals surface area contributed by atoms with Crippen LogP contribution in [0.25, 0.3) is 5.69 Å². The van der Waals surface area contributed by atoms with Gasteiger partial charge in [0.1, 0.15) is 6.04 Å². The monoisotopic (exact) mass is 366 g/mol. The molecule has 1 N–H and O–H groups in total. The fraction of sp³-hybridized carbons (Fsp3) is 0.476. The van der Waals surface area contributed by atoms with Crippen LogP contribution in [0.4, 0.5) is 0 Å². The minimum atomic E-state index is -0.293. The van der Waals surface area contributed by atoms with Gasteiger partial charge in [0.05, 0.1) is 11.9 Å². The first-order chi connectivity index (χ1) is 13.2. The molecule has 1 aliphatic heterocycles. The molecule has 1 unspecified atom stereocenters. The number of para-hydroxylation sites is 1. The second kappa shape index (κ2) is 7.94. The van der Waals surface area contributed by atoms with Gasteiger partial charge in [0.2, 0.25) is 11.8 Å². The highest BCUT2D eigenvalue weighted by Gasteiger charge is 2.39. The molecule has 6 nitrogen and oxygen atoms in total. The van der Waals surface area contributed by atoms with E-state index in [-0.39, 0.29) is 23.8 Å². The summed E-state index contributed by atoms with van der Waals surface area (Å²) < 4.78 is 1.84. The number of piperidine rings is 1.